The van der Waals surface area contributed by atoms with Crippen LogP contribution in [-0.2, 0) is 0 Å². The Morgan fingerprint density at radius 2 is 1.83 bits per heavy atom. The summed E-state index contributed by atoms with van der Waals surface area (Å²) >= 11 is 0. The fourth-order valence-electron chi connectivity index (χ4n) is 3.90. The van der Waals surface area contributed by atoms with E-state index in [1.165, 1.54) is 45.4 Å². The van der Waals surface area contributed by atoms with Crippen molar-refractivity contribution in [2.24, 2.45) is 5.73 Å². The minimum atomic E-state index is 0.254. The SMILES string of the molecule is CC1CC(CN)(N2CCN(C3CC3)CC2)CN1C. The number of piperazine rings is 1. The summed E-state index contributed by atoms with van der Waals surface area (Å²) in [5.41, 5.74) is 6.40. The van der Waals surface area contributed by atoms with E-state index in [1.807, 2.05) is 0 Å². The van der Waals surface area contributed by atoms with E-state index in [2.05, 4.69) is 28.7 Å². The Morgan fingerprint density at radius 1 is 1.17 bits per heavy atom. The van der Waals surface area contributed by atoms with E-state index in [4.69, 9.17) is 5.73 Å². The van der Waals surface area contributed by atoms with E-state index in [0.29, 0.717) is 6.04 Å². The first kappa shape index (κ1) is 12.9. The highest BCUT2D eigenvalue weighted by molar-refractivity contribution is 5.04. The van der Waals surface area contributed by atoms with Gasteiger partial charge in [0.1, 0.15) is 0 Å². The maximum absolute atomic E-state index is 6.15. The van der Waals surface area contributed by atoms with Gasteiger partial charge < -0.3 is 10.6 Å². The second-order valence-corrected chi connectivity index (χ2v) is 6.65. The highest BCUT2D eigenvalue weighted by Gasteiger charge is 2.45. The van der Waals surface area contributed by atoms with Crippen LogP contribution in [0.1, 0.15) is 26.2 Å². The number of hydrogen-bond acceptors (Lipinski definition) is 4. The van der Waals surface area contributed by atoms with Gasteiger partial charge in [-0.15, -0.1) is 0 Å². The summed E-state index contributed by atoms with van der Waals surface area (Å²) in [4.78, 5) is 7.84. The standard InChI is InChI=1S/C14H28N4/c1-12-9-14(10-15,11-16(12)2)18-7-5-17(6-8-18)13-3-4-13/h12-13H,3-11,15H2,1-2H3. The smallest absolute Gasteiger partial charge is 0.0474 e. The van der Waals surface area contributed by atoms with Crippen LogP contribution in [0.3, 0.4) is 0 Å². The van der Waals surface area contributed by atoms with Crippen LogP contribution in [-0.4, -0.2) is 78.6 Å². The lowest BCUT2D eigenvalue weighted by Gasteiger charge is -2.45. The van der Waals surface area contributed by atoms with Gasteiger partial charge in [0.25, 0.3) is 0 Å². The highest BCUT2D eigenvalue weighted by Crippen LogP contribution is 2.33. The summed E-state index contributed by atoms with van der Waals surface area (Å²) in [5, 5.41) is 0. The van der Waals surface area contributed by atoms with E-state index >= 15 is 0 Å². The van der Waals surface area contributed by atoms with Crippen molar-refractivity contribution in [1.82, 2.24) is 14.7 Å². The van der Waals surface area contributed by atoms with Crippen molar-refractivity contribution in [3.05, 3.63) is 0 Å². The Balaban J connectivity index is 1.63. The maximum atomic E-state index is 6.15. The molecule has 0 amide bonds. The summed E-state index contributed by atoms with van der Waals surface area (Å²) in [6, 6.07) is 1.60. The molecule has 2 unspecified atom stereocenters. The van der Waals surface area contributed by atoms with Gasteiger partial charge in [0, 0.05) is 56.9 Å². The molecule has 2 heterocycles. The molecule has 3 fully saturated rings. The number of likely N-dealkylation sites (N-methyl/N-ethyl adjacent to an activating group) is 1. The zero-order chi connectivity index (χ0) is 12.8. The molecule has 3 aliphatic rings. The predicted molar refractivity (Wildman–Crippen MR) is 74.7 cm³/mol. The lowest BCUT2D eigenvalue weighted by atomic mass is 9.93. The van der Waals surface area contributed by atoms with Gasteiger partial charge in [-0.3, -0.25) is 9.80 Å². The average molecular weight is 252 g/mol. The molecule has 0 aromatic carbocycles. The Morgan fingerprint density at radius 3 is 2.28 bits per heavy atom. The molecule has 2 atom stereocenters. The zero-order valence-electron chi connectivity index (χ0n) is 11.9. The lowest BCUT2D eigenvalue weighted by molar-refractivity contribution is 0.0390. The van der Waals surface area contributed by atoms with Crippen LogP contribution in [0, 0.1) is 0 Å². The topological polar surface area (TPSA) is 35.7 Å². The zero-order valence-corrected chi connectivity index (χ0v) is 11.9. The van der Waals surface area contributed by atoms with E-state index in [1.54, 1.807) is 0 Å². The first-order valence-corrected chi connectivity index (χ1v) is 7.54. The quantitative estimate of drug-likeness (QED) is 0.778. The summed E-state index contributed by atoms with van der Waals surface area (Å²) in [5.74, 6) is 0. The molecule has 0 bridgehead atoms. The number of nitrogens with two attached hydrogens (primary N) is 1. The van der Waals surface area contributed by atoms with Gasteiger partial charge in [0.05, 0.1) is 0 Å². The normalized spacial score (nSPS) is 40.5. The summed E-state index contributed by atoms with van der Waals surface area (Å²) in [7, 11) is 2.24. The molecule has 0 radical (unpaired) electrons. The van der Waals surface area contributed by atoms with Crippen molar-refractivity contribution in [2.45, 2.75) is 43.8 Å². The third kappa shape index (κ3) is 2.20. The van der Waals surface area contributed by atoms with E-state index < -0.39 is 0 Å². The molecule has 1 saturated carbocycles. The largest absolute Gasteiger partial charge is 0.329 e. The molecule has 2 aliphatic heterocycles. The Kier molecular flexibility index (Phi) is 3.39. The van der Waals surface area contributed by atoms with Gasteiger partial charge in [0.15, 0.2) is 0 Å². The number of hydrogen-bond donors (Lipinski definition) is 1. The fourth-order valence-corrected chi connectivity index (χ4v) is 3.90. The van der Waals surface area contributed by atoms with Gasteiger partial charge in [-0.25, -0.2) is 0 Å². The van der Waals surface area contributed by atoms with Gasteiger partial charge in [0.2, 0.25) is 0 Å². The van der Waals surface area contributed by atoms with Crippen LogP contribution in [0.5, 0.6) is 0 Å². The molecule has 18 heavy (non-hydrogen) atoms. The second-order valence-electron chi connectivity index (χ2n) is 6.65. The van der Waals surface area contributed by atoms with Crippen LogP contribution in [0.25, 0.3) is 0 Å². The molecule has 2 N–H and O–H groups in total. The predicted octanol–water partition coefficient (Wildman–Crippen LogP) is 0.188. The van der Waals surface area contributed by atoms with Gasteiger partial charge in [-0.1, -0.05) is 0 Å². The van der Waals surface area contributed by atoms with Gasteiger partial charge in [-0.2, -0.15) is 0 Å². The van der Waals surface area contributed by atoms with E-state index in [0.717, 1.165) is 19.1 Å². The first-order chi connectivity index (χ1) is 8.64. The molecule has 0 aromatic heterocycles. The van der Waals surface area contributed by atoms with Gasteiger partial charge >= 0.3 is 0 Å². The Labute approximate surface area is 111 Å². The van der Waals surface area contributed by atoms with Crippen molar-refractivity contribution in [3.63, 3.8) is 0 Å². The molecule has 0 spiro atoms. The molecular weight excluding hydrogens is 224 g/mol. The van der Waals surface area contributed by atoms with Gasteiger partial charge in [-0.05, 0) is 33.2 Å². The Bertz CT molecular complexity index is 284. The van der Waals surface area contributed by atoms with Crippen LogP contribution >= 0.6 is 0 Å². The molecule has 1 aliphatic carbocycles. The van der Waals surface area contributed by atoms with Crippen LogP contribution in [0.4, 0.5) is 0 Å². The van der Waals surface area contributed by atoms with Crippen molar-refractivity contribution in [1.29, 1.82) is 0 Å². The number of likely N-dealkylation sites (tertiary alicyclic amines) is 1. The molecule has 2 saturated heterocycles. The molecule has 0 aromatic rings. The first-order valence-electron chi connectivity index (χ1n) is 7.54. The van der Waals surface area contributed by atoms with Crippen LogP contribution in [0.15, 0.2) is 0 Å². The lowest BCUT2D eigenvalue weighted by Crippen LogP contribution is -2.61. The van der Waals surface area contributed by atoms with Crippen LogP contribution < -0.4 is 5.73 Å². The molecular formula is C14H28N4. The minimum Gasteiger partial charge on any atom is -0.329 e. The summed E-state index contributed by atoms with van der Waals surface area (Å²) in [6.07, 6.45) is 4.10. The Hall–Kier alpha value is -0.160. The minimum absolute atomic E-state index is 0.254. The molecule has 3 rings (SSSR count). The number of nitrogens with zero attached hydrogens (tertiary/aromatic N) is 3. The third-order valence-electron chi connectivity index (χ3n) is 5.40. The molecule has 4 nitrogen and oxygen atoms in total. The summed E-state index contributed by atoms with van der Waals surface area (Å²) in [6.45, 7) is 9.23. The fraction of sp³-hybridized carbons (Fsp3) is 1.00. The maximum Gasteiger partial charge on any atom is 0.0474 e. The second kappa shape index (κ2) is 4.75. The third-order valence-corrected chi connectivity index (χ3v) is 5.40. The van der Waals surface area contributed by atoms with E-state index in [-0.39, 0.29) is 5.54 Å². The van der Waals surface area contributed by atoms with Crippen molar-refractivity contribution < 1.29 is 0 Å². The van der Waals surface area contributed by atoms with Crippen molar-refractivity contribution in [2.75, 3.05) is 46.3 Å². The average Bonchev–Trinajstić information content (AvgIpc) is 3.18. The molecule has 4 heteroatoms. The van der Waals surface area contributed by atoms with E-state index in [9.17, 15) is 0 Å². The molecule has 104 valence electrons. The monoisotopic (exact) mass is 252 g/mol. The highest BCUT2D eigenvalue weighted by atomic mass is 15.4. The van der Waals surface area contributed by atoms with Crippen LogP contribution in [0.2, 0.25) is 0 Å². The number of rotatable bonds is 3. The summed E-state index contributed by atoms with van der Waals surface area (Å²) < 4.78 is 0. The van der Waals surface area contributed by atoms with Crippen molar-refractivity contribution in [3.8, 4) is 0 Å². The van der Waals surface area contributed by atoms with Crippen molar-refractivity contribution >= 4 is 0 Å².